The van der Waals surface area contributed by atoms with Gasteiger partial charge in [-0.2, -0.15) is 0 Å². The van der Waals surface area contributed by atoms with Crippen LogP contribution < -0.4 is 10.6 Å². The zero-order valence-electron chi connectivity index (χ0n) is 26.7. The van der Waals surface area contributed by atoms with E-state index in [1.807, 2.05) is 102 Å². The number of rotatable bonds is 8. The lowest BCUT2D eigenvalue weighted by Crippen LogP contribution is -2.58. The number of aryl methyl sites for hydroxylation is 3. The van der Waals surface area contributed by atoms with Crippen LogP contribution in [0.5, 0.6) is 0 Å². The molecule has 2 atom stereocenters. The Morgan fingerprint density at radius 2 is 1.47 bits per heavy atom. The monoisotopic (exact) mass is 605 g/mol. The average Bonchev–Trinajstić information content (AvgIpc) is 2.86. The van der Waals surface area contributed by atoms with Crippen LogP contribution in [-0.2, 0) is 20.7 Å². The van der Waals surface area contributed by atoms with Crippen LogP contribution in [0.2, 0.25) is 5.02 Å². The maximum absolute atomic E-state index is 14.7. The predicted octanol–water partition coefficient (Wildman–Crippen LogP) is 7.71. The van der Waals surface area contributed by atoms with Gasteiger partial charge in [0.2, 0.25) is 5.91 Å². The number of halogens is 1. The minimum absolute atomic E-state index is 0.205. The Balaban J connectivity index is 2.16. The molecule has 7 nitrogen and oxygen atoms in total. The van der Waals surface area contributed by atoms with Crippen molar-refractivity contribution in [1.82, 2.24) is 10.2 Å². The molecule has 8 heteroatoms. The third-order valence-corrected chi connectivity index (χ3v) is 7.08. The molecule has 2 N–H and O–H groups in total. The smallest absolute Gasteiger partial charge is 0.408 e. The highest BCUT2D eigenvalue weighted by Gasteiger charge is 2.42. The molecule has 230 valence electrons. The zero-order valence-corrected chi connectivity index (χ0v) is 27.4. The van der Waals surface area contributed by atoms with Gasteiger partial charge in [-0.1, -0.05) is 83.4 Å². The molecule has 43 heavy (non-hydrogen) atoms. The van der Waals surface area contributed by atoms with E-state index in [0.29, 0.717) is 16.3 Å². The van der Waals surface area contributed by atoms with E-state index in [1.54, 1.807) is 31.7 Å². The van der Waals surface area contributed by atoms with Crippen molar-refractivity contribution in [1.29, 1.82) is 0 Å². The summed E-state index contributed by atoms with van der Waals surface area (Å²) in [6.45, 7) is 16.7. The number of alkyl carbamates (subject to hydrolysis) is 1. The van der Waals surface area contributed by atoms with Crippen LogP contribution in [-0.4, -0.2) is 40.0 Å². The molecule has 0 aromatic heterocycles. The van der Waals surface area contributed by atoms with Crippen LogP contribution in [0.25, 0.3) is 0 Å². The Morgan fingerprint density at radius 1 is 0.860 bits per heavy atom. The van der Waals surface area contributed by atoms with Gasteiger partial charge < -0.3 is 20.3 Å². The summed E-state index contributed by atoms with van der Waals surface area (Å²) in [6, 6.07) is 18.6. The highest BCUT2D eigenvalue weighted by molar-refractivity contribution is 6.34. The lowest BCUT2D eigenvalue weighted by Gasteiger charge is -2.43. The average molecular weight is 606 g/mol. The second-order valence-electron chi connectivity index (χ2n) is 13.0. The van der Waals surface area contributed by atoms with E-state index in [4.69, 9.17) is 16.3 Å². The molecule has 0 aliphatic rings. The van der Waals surface area contributed by atoms with Crippen molar-refractivity contribution in [3.05, 3.63) is 99.6 Å². The Kier molecular flexibility index (Phi) is 10.7. The number of carbonyl (C=O) groups is 3. The molecule has 3 amide bonds. The van der Waals surface area contributed by atoms with Gasteiger partial charge in [0.05, 0.1) is 10.7 Å². The van der Waals surface area contributed by atoms with Crippen LogP contribution in [0.15, 0.2) is 66.7 Å². The van der Waals surface area contributed by atoms with Crippen molar-refractivity contribution in [3.63, 3.8) is 0 Å². The van der Waals surface area contributed by atoms with Gasteiger partial charge in [-0.25, -0.2) is 4.79 Å². The number of anilines is 1. The number of benzene rings is 3. The normalized spacial score (nSPS) is 13.1. The van der Waals surface area contributed by atoms with Gasteiger partial charge in [-0.3, -0.25) is 9.59 Å². The SMILES string of the molecule is Cc1cc(C)cc(C(C(=O)Nc2c(C)cccc2Cl)N(C(=O)C(Cc2ccccc2)NC(=O)OC(C)(C)C)C(C)(C)C)c1. The van der Waals surface area contributed by atoms with Crippen LogP contribution in [0, 0.1) is 20.8 Å². The largest absolute Gasteiger partial charge is 0.444 e. The predicted molar refractivity (Wildman–Crippen MR) is 173 cm³/mol. The number of amides is 3. The summed E-state index contributed by atoms with van der Waals surface area (Å²) in [5.74, 6) is -0.836. The molecule has 0 heterocycles. The lowest BCUT2D eigenvalue weighted by molar-refractivity contribution is -0.146. The van der Waals surface area contributed by atoms with E-state index < -0.39 is 41.1 Å². The molecule has 0 saturated heterocycles. The fourth-order valence-corrected chi connectivity index (χ4v) is 5.35. The van der Waals surface area contributed by atoms with Crippen LogP contribution in [0.3, 0.4) is 0 Å². The van der Waals surface area contributed by atoms with Gasteiger partial charge in [-0.05, 0) is 85.1 Å². The molecule has 3 aromatic carbocycles. The number of hydrogen-bond acceptors (Lipinski definition) is 4. The quantitative estimate of drug-likeness (QED) is 0.275. The summed E-state index contributed by atoms with van der Waals surface area (Å²) in [4.78, 5) is 43.6. The molecule has 0 radical (unpaired) electrons. The Bertz CT molecular complexity index is 1420. The first-order valence-electron chi connectivity index (χ1n) is 14.5. The Morgan fingerprint density at radius 3 is 2.00 bits per heavy atom. The molecule has 0 aliphatic heterocycles. The molecule has 0 saturated carbocycles. The van der Waals surface area contributed by atoms with Crippen molar-refractivity contribution in [2.45, 2.75) is 92.0 Å². The zero-order chi connectivity index (χ0) is 32.1. The summed E-state index contributed by atoms with van der Waals surface area (Å²) in [7, 11) is 0. The second kappa shape index (κ2) is 13.6. The summed E-state index contributed by atoms with van der Waals surface area (Å²) < 4.78 is 5.54. The molecule has 0 bridgehead atoms. The number of nitrogens with zero attached hydrogens (tertiary/aromatic N) is 1. The van der Waals surface area contributed by atoms with E-state index in [0.717, 1.165) is 22.3 Å². The molecule has 0 fully saturated rings. The Labute approximate surface area is 261 Å². The molecule has 2 unspecified atom stereocenters. The van der Waals surface area contributed by atoms with E-state index in [2.05, 4.69) is 10.6 Å². The van der Waals surface area contributed by atoms with Gasteiger partial charge in [-0.15, -0.1) is 0 Å². The molecule has 3 rings (SSSR count). The molecular formula is C35H44ClN3O4. The molecule has 0 aliphatic carbocycles. The molecular weight excluding hydrogens is 562 g/mol. The van der Waals surface area contributed by atoms with Crippen LogP contribution in [0.4, 0.5) is 10.5 Å². The summed E-state index contributed by atoms with van der Waals surface area (Å²) >= 11 is 6.50. The fraction of sp³-hybridized carbons (Fsp3) is 0.400. The number of nitrogens with one attached hydrogen (secondary N) is 2. The van der Waals surface area contributed by atoms with Crippen molar-refractivity contribution in [3.8, 4) is 0 Å². The summed E-state index contributed by atoms with van der Waals surface area (Å²) in [5, 5.41) is 6.21. The maximum Gasteiger partial charge on any atom is 0.408 e. The minimum Gasteiger partial charge on any atom is -0.444 e. The van der Waals surface area contributed by atoms with E-state index in [9.17, 15) is 14.4 Å². The fourth-order valence-electron chi connectivity index (χ4n) is 5.08. The number of ether oxygens (including phenoxy) is 1. The van der Waals surface area contributed by atoms with Crippen LogP contribution in [0.1, 0.15) is 75.4 Å². The minimum atomic E-state index is -1.04. The first-order valence-corrected chi connectivity index (χ1v) is 14.8. The number of para-hydroxylation sites is 1. The highest BCUT2D eigenvalue weighted by Crippen LogP contribution is 2.34. The number of carbonyl (C=O) groups excluding carboxylic acids is 3. The molecule has 0 spiro atoms. The van der Waals surface area contributed by atoms with E-state index in [-0.39, 0.29) is 6.42 Å². The van der Waals surface area contributed by atoms with E-state index in [1.165, 1.54) is 0 Å². The van der Waals surface area contributed by atoms with Crippen molar-refractivity contribution < 1.29 is 19.1 Å². The maximum atomic E-state index is 14.7. The highest BCUT2D eigenvalue weighted by atomic mass is 35.5. The Hall–Kier alpha value is -3.84. The van der Waals surface area contributed by atoms with E-state index >= 15 is 0 Å². The number of hydrogen-bond donors (Lipinski definition) is 2. The topological polar surface area (TPSA) is 87.7 Å². The van der Waals surface area contributed by atoms with Gasteiger partial charge in [0.1, 0.15) is 17.7 Å². The third kappa shape index (κ3) is 9.32. The summed E-state index contributed by atoms with van der Waals surface area (Å²) in [5.41, 5.74) is 3.09. The van der Waals surface area contributed by atoms with Gasteiger partial charge in [0.25, 0.3) is 5.91 Å². The van der Waals surface area contributed by atoms with Crippen molar-refractivity contribution in [2.24, 2.45) is 0 Å². The van der Waals surface area contributed by atoms with Crippen LogP contribution >= 0.6 is 11.6 Å². The third-order valence-electron chi connectivity index (χ3n) is 6.77. The first kappa shape index (κ1) is 33.7. The van der Waals surface area contributed by atoms with Gasteiger partial charge >= 0.3 is 6.09 Å². The van der Waals surface area contributed by atoms with Gasteiger partial charge in [0.15, 0.2) is 0 Å². The van der Waals surface area contributed by atoms with Crippen molar-refractivity contribution in [2.75, 3.05) is 5.32 Å². The lowest BCUT2D eigenvalue weighted by atomic mass is 9.92. The second-order valence-corrected chi connectivity index (χ2v) is 13.4. The molecule has 3 aromatic rings. The van der Waals surface area contributed by atoms with Crippen molar-refractivity contribution >= 4 is 35.2 Å². The van der Waals surface area contributed by atoms with Gasteiger partial charge in [0, 0.05) is 12.0 Å². The summed E-state index contributed by atoms with van der Waals surface area (Å²) in [6.07, 6.45) is -0.509. The standard InChI is InChI=1S/C35H44ClN3O4/c1-22-18-23(2)20-26(19-22)30(31(40)38-29-24(3)14-13-17-27(29)36)39(34(4,5)6)32(41)28(21-25-15-11-10-12-16-25)37-33(42)43-35(7,8)9/h10-20,28,30H,21H2,1-9H3,(H,37,42)(H,38,40). The first-order chi connectivity index (χ1) is 20.0.